The Hall–Kier alpha value is -1.81. The Morgan fingerprint density at radius 3 is 1.60 bits per heavy atom. The minimum Gasteiger partial charge on any atom is -0.265 e. The van der Waals surface area contributed by atoms with Crippen molar-refractivity contribution in [1.82, 2.24) is 4.98 Å². The number of hydrogen-bond acceptors (Lipinski definition) is 1. The summed E-state index contributed by atoms with van der Waals surface area (Å²) in [5.74, 6) is 0. The molecule has 0 aliphatic rings. The first-order valence-corrected chi connectivity index (χ1v) is 5.09. The summed E-state index contributed by atoms with van der Waals surface area (Å²) in [6.07, 6.45) is 3.57. The molecule has 1 nitrogen and oxygen atoms in total. The summed E-state index contributed by atoms with van der Waals surface area (Å²) >= 11 is 0. The molecule has 15 heavy (non-hydrogen) atoms. The highest BCUT2D eigenvalue weighted by atomic mass is 14.6. The second-order valence-electron chi connectivity index (χ2n) is 2.53. The molecule has 1 heteroatoms. The molecular formula is C14H17N. The number of hydrogen-bond donors (Lipinski definition) is 0. The lowest BCUT2D eigenvalue weighted by Gasteiger charge is -1.82. The van der Waals surface area contributed by atoms with Crippen LogP contribution in [0.3, 0.4) is 0 Å². The molecule has 0 spiro atoms. The normalized spacial score (nSPS) is 7.13. The summed E-state index contributed by atoms with van der Waals surface area (Å²) in [5, 5.41) is 0. The Bertz CT molecular complexity index is 276. The number of pyridine rings is 1. The first-order chi connectivity index (χ1) is 7.39. The van der Waals surface area contributed by atoms with Crippen molar-refractivity contribution in [3.05, 3.63) is 66.5 Å². The molecule has 0 aliphatic heterocycles. The molecule has 2 aromatic rings. The molecule has 0 atom stereocenters. The molecule has 0 saturated heterocycles. The molecular weight excluding hydrogens is 182 g/mol. The summed E-state index contributed by atoms with van der Waals surface area (Å²) in [7, 11) is 0. The van der Waals surface area contributed by atoms with Gasteiger partial charge in [0, 0.05) is 12.4 Å². The van der Waals surface area contributed by atoms with E-state index >= 15 is 0 Å². The van der Waals surface area contributed by atoms with Crippen molar-refractivity contribution in [2.75, 3.05) is 0 Å². The smallest absolute Gasteiger partial charge is 0.0270 e. The van der Waals surface area contributed by atoms with Gasteiger partial charge in [-0.1, -0.05) is 38.1 Å². The number of aryl methyl sites for hydroxylation is 1. The second-order valence-corrected chi connectivity index (χ2v) is 2.53. The van der Waals surface area contributed by atoms with Crippen molar-refractivity contribution in [1.29, 1.82) is 0 Å². The maximum Gasteiger partial charge on any atom is 0.0270 e. The number of aromatic nitrogens is 1. The van der Waals surface area contributed by atoms with E-state index in [2.05, 4.69) is 17.1 Å². The van der Waals surface area contributed by atoms with Crippen LogP contribution in [0.5, 0.6) is 0 Å². The van der Waals surface area contributed by atoms with Crippen molar-refractivity contribution < 1.29 is 0 Å². The standard InChI is InChI=1S/C6H7N.C6H4.C2H6/c1-6-2-4-7-5-3-6;1-2-4-6-5-3-1;1-2/h2-5H,1H3;1-4H;1-2H3. The average Bonchev–Trinajstić information content (AvgIpc) is 2.36. The van der Waals surface area contributed by atoms with E-state index in [-0.39, 0.29) is 0 Å². The van der Waals surface area contributed by atoms with E-state index in [1.165, 1.54) is 5.56 Å². The topological polar surface area (TPSA) is 12.9 Å². The largest absolute Gasteiger partial charge is 0.265 e. The van der Waals surface area contributed by atoms with Crippen molar-refractivity contribution in [2.45, 2.75) is 20.8 Å². The van der Waals surface area contributed by atoms with E-state index in [1.807, 2.05) is 57.2 Å². The molecule has 0 radical (unpaired) electrons. The Morgan fingerprint density at radius 1 is 0.933 bits per heavy atom. The van der Waals surface area contributed by atoms with Gasteiger partial charge in [-0.25, -0.2) is 0 Å². The maximum absolute atomic E-state index is 3.85. The highest BCUT2D eigenvalue weighted by Gasteiger charge is 1.72. The Kier molecular flexibility index (Phi) is 9.03. The molecule has 0 aliphatic carbocycles. The summed E-state index contributed by atoms with van der Waals surface area (Å²) < 4.78 is 0. The van der Waals surface area contributed by atoms with Gasteiger partial charge in [-0.2, -0.15) is 0 Å². The molecule has 0 amide bonds. The SMILES string of the molecule is CC.Cc1ccncc1.c1ccccc#1. The van der Waals surface area contributed by atoms with Gasteiger partial charge in [0.2, 0.25) is 0 Å². The Morgan fingerprint density at radius 2 is 1.40 bits per heavy atom. The van der Waals surface area contributed by atoms with Crippen LogP contribution in [-0.4, -0.2) is 4.98 Å². The molecule has 0 bridgehead atoms. The fourth-order valence-electron chi connectivity index (χ4n) is 0.730. The van der Waals surface area contributed by atoms with Crippen molar-refractivity contribution >= 4 is 0 Å². The van der Waals surface area contributed by atoms with Crippen LogP contribution >= 0.6 is 0 Å². The summed E-state index contributed by atoms with van der Waals surface area (Å²) in [6, 6.07) is 16.9. The lowest BCUT2D eigenvalue weighted by atomic mass is 10.3. The summed E-state index contributed by atoms with van der Waals surface area (Å²) in [5.41, 5.74) is 1.26. The van der Waals surface area contributed by atoms with Crippen LogP contribution in [-0.2, 0) is 0 Å². The van der Waals surface area contributed by atoms with Crippen LogP contribution in [0.2, 0.25) is 0 Å². The van der Waals surface area contributed by atoms with Gasteiger partial charge in [-0.3, -0.25) is 4.98 Å². The molecule has 1 aromatic carbocycles. The fraction of sp³-hybridized carbons (Fsp3) is 0.214. The van der Waals surface area contributed by atoms with Gasteiger partial charge in [0.25, 0.3) is 0 Å². The first kappa shape index (κ1) is 13.2. The fourth-order valence-corrected chi connectivity index (χ4v) is 0.730. The third-order valence-electron chi connectivity index (χ3n) is 1.40. The summed E-state index contributed by atoms with van der Waals surface area (Å²) in [4.78, 5) is 3.85. The first-order valence-electron chi connectivity index (χ1n) is 5.09. The van der Waals surface area contributed by atoms with E-state index in [9.17, 15) is 0 Å². The summed E-state index contributed by atoms with van der Waals surface area (Å²) in [6.45, 7) is 6.04. The lowest BCUT2D eigenvalue weighted by Crippen LogP contribution is -1.68. The van der Waals surface area contributed by atoms with Gasteiger partial charge in [0.05, 0.1) is 0 Å². The van der Waals surface area contributed by atoms with Gasteiger partial charge in [-0.05, 0) is 36.8 Å². The lowest BCUT2D eigenvalue weighted by molar-refractivity contribution is 1.29. The minimum atomic E-state index is 1.26. The average molecular weight is 199 g/mol. The third kappa shape index (κ3) is 8.52. The molecule has 78 valence electrons. The van der Waals surface area contributed by atoms with Crippen molar-refractivity contribution in [2.24, 2.45) is 0 Å². The van der Waals surface area contributed by atoms with Crippen LogP contribution in [0.4, 0.5) is 0 Å². The molecule has 1 aromatic heterocycles. The Balaban J connectivity index is 0.000000227. The molecule has 0 N–H and O–H groups in total. The van der Waals surface area contributed by atoms with Crippen molar-refractivity contribution in [3.63, 3.8) is 0 Å². The van der Waals surface area contributed by atoms with Gasteiger partial charge in [-0.15, -0.1) is 0 Å². The van der Waals surface area contributed by atoms with Gasteiger partial charge in [0.1, 0.15) is 0 Å². The minimum absolute atomic E-state index is 1.26. The van der Waals surface area contributed by atoms with Crippen LogP contribution in [0.15, 0.2) is 48.8 Å². The number of rotatable bonds is 0. The van der Waals surface area contributed by atoms with E-state index in [1.54, 1.807) is 12.4 Å². The van der Waals surface area contributed by atoms with Gasteiger partial charge >= 0.3 is 0 Å². The quantitative estimate of drug-likeness (QED) is 0.630. The van der Waals surface area contributed by atoms with E-state index in [0.29, 0.717) is 0 Å². The molecule has 0 fully saturated rings. The number of nitrogens with zero attached hydrogens (tertiary/aromatic N) is 1. The second kappa shape index (κ2) is 10.3. The zero-order valence-electron chi connectivity index (χ0n) is 9.57. The van der Waals surface area contributed by atoms with Crippen LogP contribution in [0, 0.1) is 19.1 Å². The van der Waals surface area contributed by atoms with E-state index in [0.717, 1.165) is 0 Å². The zero-order chi connectivity index (χ0) is 11.4. The zero-order valence-corrected chi connectivity index (χ0v) is 9.57. The monoisotopic (exact) mass is 199 g/mol. The van der Waals surface area contributed by atoms with Gasteiger partial charge < -0.3 is 0 Å². The predicted octanol–water partition coefficient (Wildman–Crippen LogP) is 3.70. The van der Waals surface area contributed by atoms with Crippen molar-refractivity contribution in [3.8, 4) is 0 Å². The van der Waals surface area contributed by atoms with Crippen LogP contribution < -0.4 is 0 Å². The highest BCUT2D eigenvalue weighted by molar-refractivity contribution is 5.05. The Labute approximate surface area is 92.8 Å². The molecule has 2 rings (SSSR count). The third-order valence-corrected chi connectivity index (χ3v) is 1.40. The molecule has 0 unspecified atom stereocenters. The van der Waals surface area contributed by atoms with E-state index in [4.69, 9.17) is 0 Å². The van der Waals surface area contributed by atoms with Crippen LogP contribution in [0.25, 0.3) is 0 Å². The molecule has 0 saturated carbocycles. The van der Waals surface area contributed by atoms with Crippen LogP contribution in [0.1, 0.15) is 19.4 Å². The van der Waals surface area contributed by atoms with E-state index < -0.39 is 0 Å². The molecule has 1 heterocycles. The van der Waals surface area contributed by atoms with Gasteiger partial charge in [0.15, 0.2) is 0 Å². The predicted molar refractivity (Wildman–Crippen MR) is 64.4 cm³/mol. The maximum atomic E-state index is 3.85. The highest BCUT2D eigenvalue weighted by Crippen LogP contribution is 1.88.